The third kappa shape index (κ3) is 7.24. The van der Waals surface area contributed by atoms with Crippen LogP contribution in [0.2, 0.25) is 0 Å². The molecular weight excluding hydrogens is 532 g/mol. The van der Waals surface area contributed by atoms with E-state index in [2.05, 4.69) is 58.1 Å². The van der Waals surface area contributed by atoms with Gasteiger partial charge in [0.1, 0.15) is 12.1 Å². The Bertz CT molecular complexity index is 1180. The molecule has 1 aromatic carbocycles. The number of halogens is 2. The van der Waals surface area contributed by atoms with Crippen molar-refractivity contribution in [3.63, 3.8) is 0 Å². The fourth-order valence-electron chi connectivity index (χ4n) is 6.51. The maximum Gasteiger partial charge on any atom is 0.369 e. The van der Waals surface area contributed by atoms with Gasteiger partial charge in [-0.05, 0) is 57.8 Å². The third-order valence-electron chi connectivity index (χ3n) is 7.69. The molecule has 0 amide bonds. The highest BCUT2D eigenvalue weighted by molar-refractivity contribution is 7.86. The molecule has 4 fully saturated rings. The van der Waals surface area contributed by atoms with Crippen molar-refractivity contribution in [2.24, 2.45) is 17.3 Å². The molecule has 1 aromatic rings. The van der Waals surface area contributed by atoms with E-state index in [1.165, 1.54) is 12.5 Å². The summed E-state index contributed by atoms with van der Waals surface area (Å²) < 4.78 is 71.3. The molecule has 39 heavy (non-hydrogen) atoms. The Morgan fingerprint density at radius 3 is 2.13 bits per heavy atom. The first-order chi connectivity index (χ1) is 17.8. The van der Waals surface area contributed by atoms with E-state index in [0.717, 1.165) is 17.4 Å². The third-order valence-corrected chi connectivity index (χ3v) is 8.69. The quantitative estimate of drug-likeness (QED) is 0.197. The van der Waals surface area contributed by atoms with E-state index in [-0.39, 0.29) is 23.8 Å². The molecule has 0 spiro atoms. The highest BCUT2D eigenvalue weighted by Crippen LogP contribution is 2.63. The molecule has 4 saturated carbocycles. The van der Waals surface area contributed by atoms with E-state index in [9.17, 15) is 31.3 Å². The number of ether oxygens (including phenoxy) is 2. The van der Waals surface area contributed by atoms with Crippen LogP contribution in [0.1, 0.15) is 57.9 Å². The van der Waals surface area contributed by atoms with E-state index in [0.29, 0.717) is 32.6 Å². The van der Waals surface area contributed by atoms with Crippen molar-refractivity contribution in [3.05, 3.63) is 48.0 Å². The lowest BCUT2D eigenvalue weighted by atomic mass is 9.48. The number of carbonyl (C=O) groups is 2. The highest BCUT2D eigenvalue weighted by atomic mass is 32.2. The summed E-state index contributed by atoms with van der Waals surface area (Å²) in [6, 6.07) is 10.6. The van der Waals surface area contributed by atoms with Gasteiger partial charge in [0.15, 0.2) is 16.2 Å². The zero-order chi connectivity index (χ0) is 29.4. The van der Waals surface area contributed by atoms with Gasteiger partial charge in [0.05, 0.1) is 26.6 Å². The number of rotatable bonds is 8. The lowest BCUT2D eigenvalue weighted by Gasteiger charge is -2.59. The Morgan fingerprint density at radius 2 is 1.67 bits per heavy atom. The van der Waals surface area contributed by atoms with Crippen molar-refractivity contribution in [2.45, 2.75) is 75.9 Å². The van der Waals surface area contributed by atoms with Crippen molar-refractivity contribution in [3.8, 4) is 0 Å². The Morgan fingerprint density at radius 1 is 1.13 bits per heavy atom. The van der Waals surface area contributed by atoms with Crippen molar-refractivity contribution >= 4 is 22.1 Å². The second-order valence-corrected chi connectivity index (χ2v) is 14.0. The largest absolute Gasteiger partial charge is 0.743 e. The van der Waals surface area contributed by atoms with Crippen LogP contribution in [0.5, 0.6) is 0 Å². The molecule has 4 bridgehead atoms. The summed E-state index contributed by atoms with van der Waals surface area (Å²) in [5.74, 6) is -1.38. The summed E-state index contributed by atoms with van der Waals surface area (Å²) in [5, 5.41) is -4.73. The van der Waals surface area contributed by atoms with Gasteiger partial charge >= 0.3 is 17.2 Å². The average Bonchev–Trinajstić information content (AvgIpc) is 2.77. The molecule has 218 valence electrons. The van der Waals surface area contributed by atoms with Crippen LogP contribution in [0.4, 0.5) is 8.78 Å². The summed E-state index contributed by atoms with van der Waals surface area (Å²) in [4.78, 5) is 24.9. The van der Waals surface area contributed by atoms with Crippen molar-refractivity contribution in [1.29, 1.82) is 0 Å². The van der Waals surface area contributed by atoms with Crippen LogP contribution in [0.15, 0.2) is 42.5 Å². The molecule has 11 heteroatoms. The zero-order valence-corrected chi connectivity index (χ0v) is 24.1. The normalized spacial score (nSPS) is 28.6. The van der Waals surface area contributed by atoms with Gasteiger partial charge in [0.25, 0.3) is 0 Å². The summed E-state index contributed by atoms with van der Waals surface area (Å²) in [5.41, 5.74) is -0.382. The number of hydrogen-bond acceptors (Lipinski definition) is 7. The molecule has 3 unspecified atom stereocenters. The Hall–Kier alpha value is -2.37. The average molecular weight is 572 g/mol. The number of alkyl halides is 2. The van der Waals surface area contributed by atoms with E-state index in [1.54, 1.807) is 0 Å². The Labute approximate surface area is 229 Å². The SMILES string of the molecule is C=C(C)C(=O)OC12CC3CC(C1)CC(C(=O)OC(C)C(F)(F)S(=O)(=O)[O-])(C3)C2.C[N+](C)(C)Cc1ccccc1. The minimum Gasteiger partial charge on any atom is -0.743 e. The molecule has 0 heterocycles. The second kappa shape index (κ2) is 10.9. The van der Waals surface area contributed by atoms with Crippen LogP contribution in [0.3, 0.4) is 0 Å². The van der Waals surface area contributed by atoms with Gasteiger partial charge in [0, 0.05) is 17.6 Å². The predicted octanol–water partition coefficient (Wildman–Crippen LogP) is 4.41. The van der Waals surface area contributed by atoms with Crippen LogP contribution in [-0.4, -0.2) is 67.5 Å². The number of carbonyl (C=O) groups excluding carboxylic acids is 2. The lowest BCUT2D eigenvalue weighted by Crippen LogP contribution is -2.60. The zero-order valence-electron chi connectivity index (χ0n) is 23.2. The first kappa shape index (κ1) is 31.2. The molecule has 3 atom stereocenters. The monoisotopic (exact) mass is 571 g/mol. The van der Waals surface area contributed by atoms with E-state index in [1.807, 2.05) is 0 Å². The fourth-order valence-corrected chi connectivity index (χ4v) is 6.96. The van der Waals surface area contributed by atoms with E-state index < -0.39 is 44.4 Å². The predicted molar refractivity (Wildman–Crippen MR) is 139 cm³/mol. The van der Waals surface area contributed by atoms with Crippen molar-refractivity contribution < 1.29 is 45.3 Å². The van der Waals surface area contributed by atoms with Gasteiger partial charge in [-0.15, -0.1) is 0 Å². The summed E-state index contributed by atoms with van der Waals surface area (Å²) in [6.45, 7) is 6.86. The summed E-state index contributed by atoms with van der Waals surface area (Å²) in [6.07, 6.45) is 0.532. The number of benzene rings is 1. The molecule has 5 rings (SSSR count). The van der Waals surface area contributed by atoms with Gasteiger partial charge in [0.2, 0.25) is 0 Å². The topological polar surface area (TPSA) is 110 Å². The summed E-state index contributed by atoms with van der Waals surface area (Å²) in [7, 11) is 0.624. The van der Waals surface area contributed by atoms with E-state index >= 15 is 0 Å². The van der Waals surface area contributed by atoms with Crippen LogP contribution >= 0.6 is 0 Å². The van der Waals surface area contributed by atoms with Gasteiger partial charge in [-0.1, -0.05) is 36.9 Å². The van der Waals surface area contributed by atoms with Crippen LogP contribution < -0.4 is 0 Å². The van der Waals surface area contributed by atoms with Crippen LogP contribution in [0, 0.1) is 17.3 Å². The minimum atomic E-state index is -5.98. The van der Waals surface area contributed by atoms with Crippen LogP contribution in [0.25, 0.3) is 0 Å². The van der Waals surface area contributed by atoms with Gasteiger partial charge in [-0.3, -0.25) is 4.79 Å². The smallest absolute Gasteiger partial charge is 0.369 e. The first-order valence-corrected chi connectivity index (χ1v) is 14.5. The second-order valence-electron chi connectivity index (χ2n) is 12.6. The molecule has 4 aliphatic carbocycles. The maximum atomic E-state index is 13.7. The molecule has 4 aliphatic rings. The van der Waals surface area contributed by atoms with Crippen molar-refractivity contribution in [2.75, 3.05) is 21.1 Å². The Kier molecular flexibility index (Phi) is 8.70. The summed E-state index contributed by atoms with van der Waals surface area (Å²) >= 11 is 0. The van der Waals surface area contributed by atoms with Crippen molar-refractivity contribution in [1.82, 2.24) is 0 Å². The molecule has 0 N–H and O–H groups in total. The molecular formula is C28H39F2NO7S. The first-order valence-electron chi connectivity index (χ1n) is 13.1. The van der Waals surface area contributed by atoms with Gasteiger partial charge in [-0.2, -0.15) is 8.78 Å². The number of esters is 2. The number of hydrogen-bond donors (Lipinski definition) is 0. The molecule has 0 radical (unpaired) electrons. The Balaban J connectivity index is 0.000000320. The molecule has 0 aliphatic heterocycles. The van der Waals surface area contributed by atoms with Crippen LogP contribution in [-0.2, 0) is 35.7 Å². The fraction of sp³-hybridized carbons (Fsp3) is 0.643. The van der Waals surface area contributed by atoms with Gasteiger partial charge in [-0.25, -0.2) is 13.2 Å². The molecule has 0 aromatic heterocycles. The maximum absolute atomic E-state index is 13.7. The minimum absolute atomic E-state index is 0.0748. The number of quaternary nitrogens is 1. The molecule has 0 saturated heterocycles. The lowest BCUT2D eigenvalue weighted by molar-refractivity contribution is -0.884. The van der Waals surface area contributed by atoms with E-state index in [4.69, 9.17) is 9.47 Å². The molecule has 8 nitrogen and oxygen atoms in total. The highest BCUT2D eigenvalue weighted by Gasteiger charge is 2.63. The standard InChI is InChI=1S/C18H24F2O7S.C10H16N/c1-10(2)14(21)27-17-7-12-4-13(8-17)6-16(5-12,9-17)15(22)26-11(3)18(19,20)28(23,24)25;1-11(2,3)9-10-7-5-4-6-8-10/h11-13H,1,4-9H2,2-3H3,(H,23,24,25);4-8H,9H2,1-3H3/q;+1/p-1. The van der Waals surface area contributed by atoms with Gasteiger partial charge < -0.3 is 18.5 Å². The number of nitrogens with zero attached hydrogens (tertiary/aromatic N) is 1.